The molecule has 1 amide bonds. The molecule has 1 aromatic carbocycles. The van der Waals surface area contributed by atoms with Crippen LogP contribution in [-0.4, -0.2) is 37.5 Å². The Hall–Kier alpha value is -1.06. The Morgan fingerprint density at radius 3 is 2.74 bits per heavy atom. The topological polar surface area (TPSA) is 32.3 Å². The molecule has 0 bridgehead atoms. The Labute approximate surface area is 119 Å². The van der Waals surface area contributed by atoms with Crippen LogP contribution in [0.25, 0.3) is 0 Å². The van der Waals surface area contributed by atoms with E-state index in [1.54, 1.807) is 0 Å². The van der Waals surface area contributed by atoms with E-state index < -0.39 is 0 Å². The Balaban J connectivity index is 2.03. The first kappa shape index (κ1) is 14.4. The van der Waals surface area contributed by atoms with E-state index in [4.69, 9.17) is 11.6 Å². The first-order valence-corrected chi connectivity index (χ1v) is 7.20. The maximum Gasteiger partial charge on any atom is 0.255 e. The summed E-state index contributed by atoms with van der Waals surface area (Å²) in [4.78, 5) is 14.4. The summed E-state index contributed by atoms with van der Waals surface area (Å²) in [5, 5.41) is 3.79. The molecule has 0 radical (unpaired) electrons. The molecule has 1 fully saturated rings. The summed E-state index contributed by atoms with van der Waals surface area (Å²) in [6.07, 6.45) is 2.13. The number of likely N-dealkylation sites (tertiary alicyclic amines) is 1. The van der Waals surface area contributed by atoms with Crippen molar-refractivity contribution < 1.29 is 4.79 Å². The third-order valence-electron chi connectivity index (χ3n) is 3.82. The summed E-state index contributed by atoms with van der Waals surface area (Å²) in [6.45, 7) is 4.62. The van der Waals surface area contributed by atoms with Crippen molar-refractivity contribution in [3.05, 3.63) is 34.3 Å². The average molecular weight is 281 g/mol. The molecule has 0 saturated carbocycles. The van der Waals surface area contributed by atoms with Gasteiger partial charge in [-0.25, -0.2) is 0 Å². The SMILES string of the molecule is CNCC1CCN(C(=O)c2cccc(C)c2Cl)CC1. The summed E-state index contributed by atoms with van der Waals surface area (Å²) in [7, 11) is 1.98. The highest BCUT2D eigenvalue weighted by Gasteiger charge is 2.24. The van der Waals surface area contributed by atoms with Gasteiger partial charge in [0.15, 0.2) is 0 Å². The van der Waals surface area contributed by atoms with E-state index in [0.29, 0.717) is 16.5 Å². The summed E-state index contributed by atoms with van der Waals surface area (Å²) in [5.74, 6) is 0.749. The van der Waals surface area contributed by atoms with Crippen molar-refractivity contribution in [2.24, 2.45) is 5.92 Å². The largest absolute Gasteiger partial charge is 0.339 e. The number of aryl methyl sites for hydroxylation is 1. The van der Waals surface area contributed by atoms with Crippen molar-refractivity contribution in [3.63, 3.8) is 0 Å². The summed E-state index contributed by atoms with van der Waals surface area (Å²) >= 11 is 6.23. The van der Waals surface area contributed by atoms with E-state index >= 15 is 0 Å². The molecule has 0 spiro atoms. The minimum atomic E-state index is 0.0663. The van der Waals surface area contributed by atoms with Gasteiger partial charge in [0.25, 0.3) is 5.91 Å². The van der Waals surface area contributed by atoms with Crippen molar-refractivity contribution in [1.82, 2.24) is 10.2 Å². The van der Waals surface area contributed by atoms with Crippen molar-refractivity contribution in [3.8, 4) is 0 Å². The second-order valence-electron chi connectivity index (χ2n) is 5.23. The highest BCUT2D eigenvalue weighted by molar-refractivity contribution is 6.34. The first-order chi connectivity index (χ1) is 9.13. The van der Waals surface area contributed by atoms with Crippen LogP contribution in [0.3, 0.4) is 0 Å². The van der Waals surface area contributed by atoms with Crippen LogP contribution in [0.4, 0.5) is 0 Å². The molecule has 1 aromatic rings. The molecular formula is C15H21ClN2O. The number of nitrogens with zero attached hydrogens (tertiary/aromatic N) is 1. The van der Waals surface area contributed by atoms with Gasteiger partial charge in [0.2, 0.25) is 0 Å². The molecule has 1 aliphatic rings. The van der Waals surface area contributed by atoms with Crippen LogP contribution < -0.4 is 5.32 Å². The fourth-order valence-electron chi connectivity index (χ4n) is 2.61. The highest BCUT2D eigenvalue weighted by Crippen LogP contribution is 2.24. The Kier molecular flexibility index (Phi) is 4.83. The molecule has 1 heterocycles. The van der Waals surface area contributed by atoms with Crippen LogP contribution in [0, 0.1) is 12.8 Å². The van der Waals surface area contributed by atoms with Gasteiger partial charge in [-0.3, -0.25) is 4.79 Å². The fraction of sp³-hybridized carbons (Fsp3) is 0.533. The molecular weight excluding hydrogens is 260 g/mol. The number of hydrogen-bond acceptors (Lipinski definition) is 2. The normalized spacial score (nSPS) is 16.7. The van der Waals surface area contributed by atoms with E-state index in [1.807, 2.05) is 37.1 Å². The zero-order valence-corrected chi connectivity index (χ0v) is 12.3. The molecule has 1 saturated heterocycles. The Bertz CT molecular complexity index is 453. The zero-order valence-electron chi connectivity index (χ0n) is 11.6. The number of benzene rings is 1. The first-order valence-electron chi connectivity index (χ1n) is 6.82. The van der Waals surface area contributed by atoms with E-state index in [-0.39, 0.29) is 5.91 Å². The predicted molar refractivity (Wildman–Crippen MR) is 78.7 cm³/mol. The standard InChI is InChI=1S/C15H21ClN2O/c1-11-4-3-5-13(14(11)16)15(19)18-8-6-12(7-9-18)10-17-2/h3-5,12,17H,6-10H2,1-2H3. The van der Waals surface area contributed by atoms with Gasteiger partial charge in [-0.15, -0.1) is 0 Å². The smallest absolute Gasteiger partial charge is 0.255 e. The Morgan fingerprint density at radius 1 is 1.42 bits per heavy atom. The number of piperidine rings is 1. The monoisotopic (exact) mass is 280 g/mol. The molecule has 0 aromatic heterocycles. The number of nitrogens with one attached hydrogen (secondary N) is 1. The van der Waals surface area contributed by atoms with Gasteiger partial charge in [-0.2, -0.15) is 0 Å². The van der Waals surface area contributed by atoms with Gasteiger partial charge in [-0.05, 0) is 50.9 Å². The molecule has 0 aliphatic carbocycles. The molecule has 4 heteroatoms. The van der Waals surface area contributed by atoms with E-state index in [9.17, 15) is 4.79 Å². The second kappa shape index (κ2) is 6.40. The third kappa shape index (κ3) is 3.28. The van der Waals surface area contributed by atoms with Crippen molar-refractivity contribution >= 4 is 17.5 Å². The van der Waals surface area contributed by atoms with E-state index in [1.165, 1.54) is 0 Å². The van der Waals surface area contributed by atoms with E-state index in [2.05, 4.69) is 5.32 Å². The molecule has 1 aliphatic heterocycles. The Morgan fingerprint density at radius 2 is 2.11 bits per heavy atom. The zero-order chi connectivity index (χ0) is 13.8. The van der Waals surface area contributed by atoms with Crippen LogP contribution in [0.15, 0.2) is 18.2 Å². The maximum absolute atomic E-state index is 12.5. The minimum Gasteiger partial charge on any atom is -0.339 e. The second-order valence-corrected chi connectivity index (χ2v) is 5.61. The van der Waals surface area contributed by atoms with Crippen LogP contribution in [-0.2, 0) is 0 Å². The van der Waals surface area contributed by atoms with Gasteiger partial charge < -0.3 is 10.2 Å². The van der Waals surface area contributed by atoms with Gasteiger partial charge in [0.05, 0.1) is 10.6 Å². The van der Waals surface area contributed by atoms with Crippen LogP contribution >= 0.6 is 11.6 Å². The number of amides is 1. The molecule has 0 atom stereocenters. The molecule has 104 valence electrons. The quantitative estimate of drug-likeness (QED) is 0.923. The summed E-state index contributed by atoms with van der Waals surface area (Å²) in [5.41, 5.74) is 1.59. The summed E-state index contributed by atoms with van der Waals surface area (Å²) < 4.78 is 0. The van der Waals surface area contributed by atoms with Gasteiger partial charge in [-0.1, -0.05) is 23.7 Å². The lowest BCUT2D eigenvalue weighted by atomic mass is 9.96. The molecule has 3 nitrogen and oxygen atoms in total. The van der Waals surface area contributed by atoms with E-state index in [0.717, 1.165) is 38.0 Å². The molecule has 2 rings (SSSR count). The van der Waals surface area contributed by atoms with Crippen LogP contribution in [0.5, 0.6) is 0 Å². The number of rotatable bonds is 3. The highest BCUT2D eigenvalue weighted by atomic mass is 35.5. The fourth-order valence-corrected chi connectivity index (χ4v) is 2.82. The van der Waals surface area contributed by atoms with Crippen molar-refractivity contribution in [1.29, 1.82) is 0 Å². The third-order valence-corrected chi connectivity index (χ3v) is 4.32. The van der Waals surface area contributed by atoms with Crippen LogP contribution in [0.1, 0.15) is 28.8 Å². The van der Waals surface area contributed by atoms with Crippen molar-refractivity contribution in [2.75, 3.05) is 26.7 Å². The number of halogens is 1. The maximum atomic E-state index is 12.5. The predicted octanol–water partition coefficient (Wildman–Crippen LogP) is 2.72. The summed E-state index contributed by atoms with van der Waals surface area (Å²) in [6, 6.07) is 5.64. The number of hydrogen-bond donors (Lipinski definition) is 1. The average Bonchev–Trinajstić information content (AvgIpc) is 2.42. The molecule has 0 unspecified atom stereocenters. The van der Waals surface area contributed by atoms with Crippen molar-refractivity contribution in [2.45, 2.75) is 19.8 Å². The lowest BCUT2D eigenvalue weighted by molar-refractivity contribution is 0.0691. The lowest BCUT2D eigenvalue weighted by Gasteiger charge is -2.32. The van der Waals surface area contributed by atoms with Gasteiger partial charge >= 0.3 is 0 Å². The molecule has 1 N–H and O–H groups in total. The van der Waals surface area contributed by atoms with Gasteiger partial charge in [0, 0.05) is 13.1 Å². The minimum absolute atomic E-state index is 0.0663. The van der Waals surface area contributed by atoms with Gasteiger partial charge in [0.1, 0.15) is 0 Å². The molecule has 19 heavy (non-hydrogen) atoms. The number of carbonyl (C=O) groups is 1. The number of carbonyl (C=O) groups excluding carboxylic acids is 1. The lowest BCUT2D eigenvalue weighted by Crippen LogP contribution is -2.40. The van der Waals surface area contributed by atoms with Crippen LogP contribution in [0.2, 0.25) is 5.02 Å².